The van der Waals surface area contributed by atoms with Gasteiger partial charge < -0.3 is 34.4 Å². The zero-order chi connectivity index (χ0) is 33.1. The van der Waals surface area contributed by atoms with Crippen LogP contribution in [0.1, 0.15) is 51.2 Å². The van der Waals surface area contributed by atoms with Crippen LogP contribution in [0.3, 0.4) is 0 Å². The number of likely N-dealkylation sites (tertiary alicyclic amines) is 1. The molecular formula is C33H40FN5O7. The van der Waals surface area contributed by atoms with Crippen LogP contribution in [0, 0.1) is 5.82 Å². The monoisotopic (exact) mass is 637 g/mol. The highest BCUT2D eigenvalue weighted by atomic mass is 19.1. The van der Waals surface area contributed by atoms with Gasteiger partial charge in [-0.05, 0) is 69.0 Å². The summed E-state index contributed by atoms with van der Waals surface area (Å²) < 4.78 is 31.9. The fraction of sp³-hybridized carbons (Fsp3) is 0.455. The van der Waals surface area contributed by atoms with Crippen molar-refractivity contribution in [1.82, 2.24) is 20.0 Å². The van der Waals surface area contributed by atoms with Crippen molar-refractivity contribution in [3.63, 3.8) is 0 Å². The summed E-state index contributed by atoms with van der Waals surface area (Å²) in [4.78, 5) is 41.6. The topological polar surface area (TPSA) is 135 Å². The first-order chi connectivity index (χ1) is 21.8. The number of hydrogen-bond acceptors (Lipinski definition) is 8. The number of aliphatic hydroxyl groups is 1. The summed E-state index contributed by atoms with van der Waals surface area (Å²) in [6.45, 7) is 6.37. The SMILES string of the molecule is CN1C(=O)[C@@H](NC(=O)n2cc(Cc3cccc(F)c3)cn2)COc2ccc(OCCC3(O)CCN(C(=O)OC(C)(C)C)CC3)cc21. The number of nitrogens with one attached hydrogen (secondary N) is 1. The number of aromatic nitrogens is 2. The number of anilines is 1. The van der Waals surface area contributed by atoms with Crippen LogP contribution in [0.25, 0.3) is 0 Å². The van der Waals surface area contributed by atoms with E-state index in [0.717, 1.165) is 10.2 Å². The summed E-state index contributed by atoms with van der Waals surface area (Å²) in [6.07, 6.45) is 4.24. The van der Waals surface area contributed by atoms with E-state index in [1.165, 1.54) is 29.4 Å². The third-order valence-electron chi connectivity index (χ3n) is 7.95. The summed E-state index contributed by atoms with van der Waals surface area (Å²) in [7, 11) is 1.59. The molecular weight excluding hydrogens is 597 g/mol. The van der Waals surface area contributed by atoms with Crippen molar-refractivity contribution in [2.24, 2.45) is 0 Å². The summed E-state index contributed by atoms with van der Waals surface area (Å²) in [5.74, 6) is 0.208. The smallest absolute Gasteiger partial charge is 0.410 e. The highest BCUT2D eigenvalue weighted by Gasteiger charge is 2.36. The van der Waals surface area contributed by atoms with Crippen LogP contribution >= 0.6 is 0 Å². The number of nitrogens with zero attached hydrogens (tertiary/aromatic N) is 4. The van der Waals surface area contributed by atoms with Gasteiger partial charge in [-0.25, -0.2) is 14.0 Å². The molecule has 0 saturated carbocycles. The predicted octanol–water partition coefficient (Wildman–Crippen LogP) is 4.13. The van der Waals surface area contributed by atoms with Crippen LogP contribution in [-0.4, -0.2) is 88.4 Å². The van der Waals surface area contributed by atoms with Crippen LogP contribution < -0.4 is 19.7 Å². The number of rotatable bonds is 7. The minimum Gasteiger partial charge on any atom is -0.493 e. The molecule has 13 heteroatoms. The molecule has 1 saturated heterocycles. The third-order valence-corrected chi connectivity index (χ3v) is 7.95. The van der Waals surface area contributed by atoms with Gasteiger partial charge in [-0.1, -0.05) is 12.1 Å². The highest BCUT2D eigenvalue weighted by molar-refractivity contribution is 6.00. The van der Waals surface area contributed by atoms with Crippen molar-refractivity contribution in [2.45, 2.75) is 63.7 Å². The number of carbonyl (C=O) groups excluding carboxylic acids is 3. The van der Waals surface area contributed by atoms with E-state index in [-0.39, 0.29) is 31.0 Å². The second-order valence-corrected chi connectivity index (χ2v) is 12.7. The number of carbonyl (C=O) groups is 3. The van der Waals surface area contributed by atoms with E-state index >= 15 is 0 Å². The van der Waals surface area contributed by atoms with Gasteiger partial charge in [0.25, 0.3) is 5.91 Å². The second-order valence-electron chi connectivity index (χ2n) is 12.7. The summed E-state index contributed by atoms with van der Waals surface area (Å²) in [6, 6.07) is 9.69. The van der Waals surface area contributed by atoms with Crippen molar-refractivity contribution in [2.75, 3.05) is 38.3 Å². The lowest BCUT2D eigenvalue weighted by Gasteiger charge is -2.38. The van der Waals surface area contributed by atoms with Crippen LogP contribution in [0.2, 0.25) is 0 Å². The normalized spacial score (nSPS) is 17.9. The quantitative estimate of drug-likeness (QED) is 0.395. The molecule has 0 aliphatic carbocycles. The number of amides is 3. The molecule has 3 heterocycles. The zero-order valence-corrected chi connectivity index (χ0v) is 26.5. The van der Waals surface area contributed by atoms with E-state index in [0.29, 0.717) is 61.5 Å². The van der Waals surface area contributed by atoms with Crippen molar-refractivity contribution in [3.05, 3.63) is 71.8 Å². The van der Waals surface area contributed by atoms with Crippen LogP contribution in [0.5, 0.6) is 11.5 Å². The molecule has 0 bridgehead atoms. The Kier molecular flexibility index (Phi) is 9.52. The van der Waals surface area contributed by atoms with E-state index in [1.54, 1.807) is 42.3 Å². The van der Waals surface area contributed by atoms with Crippen LogP contribution in [0.15, 0.2) is 54.9 Å². The van der Waals surface area contributed by atoms with Gasteiger partial charge >= 0.3 is 12.1 Å². The van der Waals surface area contributed by atoms with E-state index in [1.807, 2.05) is 20.8 Å². The summed E-state index contributed by atoms with van der Waals surface area (Å²) >= 11 is 0. The van der Waals surface area contributed by atoms with Crippen molar-refractivity contribution in [1.29, 1.82) is 0 Å². The fourth-order valence-electron chi connectivity index (χ4n) is 5.37. The maximum absolute atomic E-state index is 13.5. The number of ether oxygens (including phenoxy) is 3. The molecule has 246 valence electrons. The molecule has 1 atom stereocenters. The molecule has 2 aliphatic rings. The van der Waals surface area contributed by atoms with E-state index < -0.39 is 23.3 Å². The van der Waals surface area contributed by atoms with Gasteiger partial charge in [0.05, 0.1) is 24.1 Å². The Bertz CT molecular complexity index is 1580. The predicted molar refractivity (Wildman–Crippen MR) is 167 cm³/mol. The first-order valence-electron chi connectivity index (χ1n) is 15.2. The highest BCUT2D eigenvalue weighted by Crippen LogP contribution is 2.35. The fourth-order valence-corrected chi connectivity index (χ4v) is 5.37. The number of hydrogen-bond donors (Lipinski definition) is 2. The van der Waals surface area contributed by atoms with Crippen molar-refractivity contribution >= 4 is 23.7 Å². The minimum absolute atomic E-state index is 0.0904. The number of likely N-dealkylation sites (N-methyl/N-ethyl adjacent to an activating group) is 1. The number of benzene rings is 2. The van der Waals surface area contributed by atoms with Gasteiger partial charge in [-0.3, -0.25) is 4.79 Å². The van der Waals surface area contributed by atoms with Crippen LogP contribution in [0.4, 0.5) is 19.7 Å². The van der Waals surface area contributed by atoms with E-state index in [4.69, 9.17) is 14.2 Å². The molecule has 2 aliphatic heterocycles. The lowest BCUT2D eigenvalue weighted by molar-refractivity contribution is -0.120. The molecule has 0 radical (unpaired) electrons. The van der Waals surface area contributed by atoms with Crippen molar-refractivity contribution in [3.8, 4) is 11.5 Å². The Morgan fingerprint density at radius 3 is 2.63 bits per heavy atom. The lowest BCUT2D eigenvalue weighted by Crippen LogP contribution is -2.50. The Morgan fingerprint density at radius 1 is 1.15 bits per heavy atom. The first kappa shape index (κ1) is 32.7. The molecule has 0 spiro atoms. The van der Waals surface area contributed by atoms with Gasteiger partial charge in [-0.15, -0.1) is 0 Å². The average Bonchev–Trinajstić information content (AvgIpc) is 3.42. The average molecular weight is 638 g/mol. The number of piperidine rings is 1. The molecule has 3 aromatic rings. The molecule has 2 aromatic carbocycles. The molecule has 46 heavy (non-hydrogen) atoms. The largest absolute Gasteiger partial charge is 0.493 e. The molecule has 0 unspecified atom stereocenters. The molecule has 1 fully saturated rings. The molecule has 12 nitrogen and oxygen atoms in total. The van der Waals surface area contributed by atoms with Gasteiger partial charge in [0.1, 0.15) is 35.6 Å². The summed E-state index contributed by atoms with van der Waals surface area (Å²) in [5.41, 5.74) is 0.370. The third kappa shape index (κ3) is 8.13. The van der Waals surface area contributed by atoms with Crippen molar-refractivity contribution < 1.29 is 38.1 Å². The standard InChI is InChI=1S/C33H40FN5O7/c1-32(2,3)46-31(42)38-13-10-33(43,11-14-38)12-15-44-25-8-9-28-27(18-25)37(4)29(40)26(21-45-28)36-30(41)39-20-23(19-35-39)16-22-6-5-7-24(34)17-22/h5-9,17-20,26,43H,10-16,21H2,1-4H3,(H,36,41)/t26-/m0/s1. The van der Waals surface area contributed by atoms with Gasteiger partial charge in [0.2, 0.25) is 0 Å². The molecule has 2 N–H and O–H groups in total. The van der Waals surface area contributed by atoms with Crippen LogP contribution in [-0.2, 0) is 16.0 Å². The Morgan fingerprint density at radius 2 is 1.91 bits per heavy atom. The Hall–Kier alpha value is -4.65. The van der Waals surface area contributed by atoms with E-state index in [2.05, 4.69) is 10.4 Å². The van der Waals surface area contributed by atoms with Gasteiger partial charge in [0, 0.05) is 45.2 Å². The second kappa shape index (κ2) is 13.4. The number of fused-ring (bicyclic) bond motifs is 1. The molecule has 1 aromatic heterocycles. The maximum Gasteiger partial charge on any atom is 0.410 e. The zero-order valence-electron chi connectivity index (χ0n) is 26.5. The minimum atomic E-state index is -0.981. The first-order valence-corrected chi connectivity index (χ1v) is 15.2. The molecule has 5 rings (SSSR count). The van der Waals surface area contributed by atoms with Gasteiger partial charge in [-0.2, -0.15) is 9.78 Å². The lowest BCUT2D eigenvalue weighted by atomic mass is 9.89. The van der Waals surface area contributed by atoms with E-state index in [9.17, 15) is 23.9 Å². The van der Waals surface area contributed by atoms with Gasteiger partial charge in [0.15, 0.2) is 0 Å². The summed E-state index contributed by atoms with van der Waals surface area (Å²) in [5, 5.41) is 17.8. The molecule has 3 amide bonds. The Balaban J connectivity index is 1.13. The Labute approximate surface area is 267 Å². The number of halogens is 1. The maximum atomic E-state index is 13.5.